The van der Waals surface area contributed by atoms with Crippen LogP contribution in [-0.4, -0.2) is 53.2 Å². The summed E-state index contributed by atoms with van der Waals surface area (Å²) in [6.07, 6.45) is 3.31. The zero-order valence-corrected chi connectivity index (χ0v) is 20.9. The van der Waals surface area contributed by atoms with E-state index < -0.39 is 5.60 Å². The summed E-state index contributed by atoms with van der Waals surface area (Å²) in [7, 11) is 0. The first-order chi connectivity index (χ1) is 14.8. The van der Waals surface area contributed by atoms with Gasteiger partial charge in [-0.3, -0.25) is 4.90 Å². The topological polar surface area (TPSA) is 26.7 Å². The first kappa shape index (κ1) is 23.5. The molecule has 170 valence electrons. The number of likely N-dealkylation sites (tertiary alicyclic amines) is 2. The second-order valence-electron chi connectivity index (χ2n) is 10.1. The molecule has 0 spiro atoms. The third-order valence-corrected chi connectivity index (χ3v) is 8.17. The molecule has 1 aromatic heterocycles. The molecule has 2 fully saturated rings. The molecule has 0 unspecified atom stereocenters. The number of piperidine rings is 1. The molecule has 3 heterocycles. The molecule has 3 nitrogen and oxygen atoms in total. The zero-order chi connectivity index (χ0) is 22.0. The van der Waals surface area contributed by atoms with E-state index in [4.69, 9.17) is 23.2 Å². The predicted molar refractivity (Wildman–Crippen MR) is 132 cm³/mol. The Morgan fingerprint density at radius 3 is 2.52 bits per heavy atom. The van der Waals surface area contributed by atoms with E-state index >= 15 is 0 Å². The molecule has 31 heavy (non-hydrogen) atoms. The molecule has 4 rings (SSSR count). The molecule has 0 bridgehead atoms. The van der Waals surface area contributed by atoms with Gasteiger partial charge >= 0.3 is 0 Å². The smallest absolute Gasteiger partial charge is 0.0594 e. The molecule has 0 saturated carbocycles. The third-order valence-electron chi connectivity index (χ3n) is 6.89. The van der Waals surface area contributed by atoms with Crippen LogP contribution in [0.2, 0.25) is 10.0 Å². The molecule has 0 amide bonds. The van der Waals surface area contributed by atoms with Crippen molar-refractivity contribution in [2.75, 3.05) is 32.7 Å². The maximum absolute atomic E-state index is 10.2. The van der Waals surface area contributed by atoms with Gasteiger partial charge in [-0.15, -0.1) is 0 Å². The molecule has 2 saturated heterocycles. The maximum atomic E-state index is 10.2. The fourth-order valence-corrected chi connectivity index (χ4v) is 6.63. The van der Waals surface area contributed by atoms with Crippen LogP contribution in [-0.2, 0) is 6.54 Å². The monoisotopic (exact) mass is 480 g/mol. The van der Waals surface area contributed by atoms with Crippen molar-refractivity contribution in [3.8, 4) is 0 Å². The number of benzene rings is 1. The van der Waals surface area contributed by atoms with Crippen LogP contribution in [0.15, 0.2) is 35.0 Å². The highest BCUT2D eigenvalue weighted by Gasteiger charge is 2.36. The van der Waals surface area contributed by atoms with Crippen molar-refractivity contribution >= 4 is 34.5 Å². The van der Waals surface area contributed by atoms with E-state index in [1.54, 1.807) is 11.3 Å². The Bertz CT molecular complexity index is 844. The van der Waals surface area contributed by atoms with Gasteiger partial charge in [0, 0.05) is 42.1 Å². The summed E-state index contributed by atoms with van der Waals surface area (Å²) in [4.78, 5) is 5.22. The minimum atomic E-state index is -0.550. The van der Waals surface area contributed by atoms with Crippen molar-refractivity contribution in [3.05, 3.63) is 56.2 Å². The van der Waals surface area contributed by atoms with Gasteiger partial charge in [0.15, 0.2) is 0 Å². The Morgan fingerprint density at radius 2 is 1.87 bits per heavy atom. The van der Waals surface area contributed by atoms with Crippen LogP contribution in [0.1, 0.15) is 50.2 Å². The SMILES string of the molecule is CC(C)(O)CC1CCN(C[C@H]2CN(Cc3ccc(Cl)cc3Cl)C[C@@H]2c2ccsc2)CC1. The van der Waals surface area contributed by atoms with Gasteiger partial charge in [-0.25, -0.2) is 0 Å². The summed E-state index contributed by atoms with van der Waals surface area (Å²) in [6, 6.07) is 8.15. The molecule has 1 N–H and O–H groups in total. The van der Waals surface area contributed by atoms with Crippen LogP contribution >= 0.6 is 34.5 Å². The summed E-state index contributed by atoms with van der Waals surface area (Å²) < 4.78 is 0. The standard InChI is InChI=1S/C25H34Cl2N2OS/c1-25(2,30)12-18-5-8-28(9-6-18)14-21-15-29(16-23(21)20-7-10-31-17-20)13-19-3-4-22(26)11-24(19)27/h3-4,7,10-11,17-18,21,23,30H,5-6,8-9,12-16H2,1-2H3/t21-,23+/m0/s1. The fraction of sp³-hybridized carbons (Fsp3) is 0.600. The van der Waals surface area contributed by atoms with Crippen LogP contribution in [0.5, 0.6) is 0 Å². The number of hydrogen-bond donors (Lipinski definition) is 1. The van der Waals surface area contributed by atoms with Crippen molar-refractivity contribution in [2.45, 2.75) is 51.2 Å². The first-order valence-electron chi connectivity index (χ1n) is 11.4. The van der Waals surface area contributed by atoms with Crippen molar-refractivity contribution in [3.63, 3.8) is 0 Å². The number of thiophene rings is 1. The molecule has 2 atom stereocenters. The number of aliphatic hydroxyl groups is 1. The average molecular weight is 482 g/mol. The fourth-order valence-electron chi connectivity index (χ4n) is 5.44. The summed E-state index contributed by atoms with van der Waals surface area (Å²) in [5.74, 6) is 1.86. The number of nitrogens with zero attached hydrogens (tertiary/aromatic N) is 2. The molecule has 2 aromatic rings. The second kappa shape index (κ2) is 10.1. The molecule has 2 aliphatic rings. The van der Waals surface area contributed by atoms with Gasteiger partial charge in [0.1, 0.15) is 0 Å². The average Bonchev–Trinajstić information content (AvgIpc) is 3.34. The highest BCUT2D eigenvalue weighted by molar-refractivity contribution is 7.08. The van der Waals surface area contributed by atoms with E-state index in [0.29, 0.717) is 22.8 Å². The van der Waals surface area contributed by atoms with Crippen LogP contribution in [0.3, 0.4) is 0 Å². The van der Waals surface area contributed by atoms with E-state index in [0.717, 1.165) is 56.3 Å². The Labute approximate surface area is 201 Å². The quantitative estimate of drug-likeness (QED) is 0.514. The van der Waals surface area contributed by atoms with Gasteiger partial charge < -0.3 is 10.0 Å². The molecule has 0 aliphatic carbocycles. The Morgan fingerprint density at radius 1 is 1.10 bits per heavy atom. The minimum Gasteiger partial charge on any atom is -0.390 e. The molecular weight excluding hydrogens is 447 g/mol. The molecule has 1 aromatic carbocycles. The second-order valence-corrected chi connectivity index (χ2v) is 11.7. The van der Waals surface area contributed by atoms with Gasteiger partial charge in [0.25, 0.3) is 0 Å². The van der Waals surface area contributed by atoms with Crippen LogP contribution in [0.4, 0.5) is 0 Å². The van der Waals surface area contributed by atoms with Crippen molar-refractivity contribution in [2.24, 2.45) is 11.8 Å². The Balaban J connectivity index is 1.38. The lowest BCUT2D eigenvalue weighted by Gasteiger charge is -2.36. The molecular formula is C25H34Cl2N2OS. The minimum absolute atomic E-state index is 0.550. The summed E-state index contributed by atoms with van der Waals surface area (Å²) in [5, 5.41) is 16.1. The van der Waals surface area contributed by atoms with E-state index in [1.165, 1.54) is 18.4 Å². The van der Waals surface area contributed by atoms with Gasteiger partial charge in [0.05, 0.1) is 5.60 Å². The Hall–Kier alpha value is -0.620. The number of hydrogen-bond acceptors (Lipinski definition) is 4. The summed E-state index contributed by atoms with van der Waals surface area (Å²) >= 11 is 14.3. The van der Waals surface area contributed by atoms with Crippen molar-refractivity contribution in [1.82, 2.24) is 9.80 Å². The normalized spacial score (nSPS) is 24.2. The predicted octanol–water partition coefficient (Wildman–Crippen LogP) is 6.14. The van der Waals surface area contributed by atoms with Crippen LogP contribution < -0.4 is 0 Å². The Kier molecular flexibility index (Phi) is 7.68. The van der Waals surface area contributed by atoms with E-state index in [2.05, 4.69) is 32.7 Å². The lowest BCUT2D eigenvalue weighted by Crippen LogP contribution is -2.40. The molecule has 2 aliphatic heterocycles. The lowest BCUT2D eigenvalue weighted by molar-refractivity contribution is 0.0359. The zero-order valence-electron chi connectivity index (χ0n) is 18.6. The maximum Gasteiger partial charge on any atom is 0.0594 e. The van der Waals surface area contributed by atoms with Gasteiger partial charge in [0.2, 0.25) is 0 Å². The van der Waals surface area contributed by atoms with E-state index in [1.807, 2.05) is 26.0 Å². The van der Waals surface area contributed by atoms with Gasteiger partial charge in [-0.05, 0) is 98.1 Å². The van der Waals surface area contributed by atoms with Crippen LogP contribution in [0.25, 0.3) is 0 Å². The highest BCUT2D eigenvalue weighted by Crippen LogP contribution is 2.37. The van der Waals surface area contributed by atoms with Gasteiger partial charge in [-0.1, -0.05) is 29.3 Å². The van der Waals surface area contributed by atoms with Crippen LogP contribution in [0, 0.1) is 11.8 Å². The van der Waals surface area contributed by atoms with Crippen molar-refractivity contribution in [1.29, 1.82) is 0 Å². The van der Waals surface area contributed by atoms with Gasteiger partial charge in [-0.2, -0.15) is 11.3 Å². The lowest BCUT2D eigenvalue weighted by atomic mass is 9.85. The van der Waals surface area contributed by atoms with Crippen molar-refractivity contribution < 1.29 is 5.11 Å². The van der Waals surface area contributed by atoms with E-state index in [-0.39, 0.29) is 0 Å². The van der Waals surface area contributed by atoms with E-state index in [9.17, 15) is 5.11 Å². The highest BCUT2D eigenvalue weighted by atomic mass is 35.5. The number of halogens is 2. The summed E-state index contributed by atoms with van der Waals surface area (Å²) in [6.45, 7) is 10.4. The molecule has 0 radical (unpaired) electrons. The third kappa shape index (κ3) is 6.46. The number of rotatable bonds is 7. The summed E-state index contributed by atoms with van der Waals surface area (Å²) in [5.41, 5.74) is 2.09. The molecule has 6 heteroatoms. The first-order valence-corrected chi connectivity index (χ1v) is 13.1. The largest absolute Gasteiger partial charge is 0.390 e.